The molecule has 0 radical (unpaired) electrons. The second-order valence-electron chi connectivity index (χ2n) is 9.26. The molecule has 1 N–H and O–H groups in total. The van der Waals surface area contributed by atoms with Gasteiger partial charge >= 0.3 is 0 Å². The minimum absolute atomic E-state index is 0.00319. The van der Waals surface area contributed by atoms with Crippen molar-refractivity contribution < 1.29 is 0 Å². The van der Waals surface area contributed by atoms with Crippen molar-refractivity contribution in [1.82, 2.24) is 5.32 Å². The molecule has 2 heteroatoms. The number of hydrogen-bond donors (Lipinski definition) is 1. The minimum Gasteiger partial charge on any atom is -0.294 e. The van der Waals surface area contributed by atoms with Crippen molar-refractivity contribution in [2.24, 2.45) is 5.92 Å². The second-order valence-corrected chi connectivity index (χ2v) is 9.70. The van der Waals surface area contributed by atoms with E-state index in [9.17, 15) is 0 Å². The fraction of sp³-hybridized carbons (Fsp3) is 0.308. The van der Waals surface area contributed by atoms with Crippen molar-refractivity contribution in [3.8, 4) is 0 Å². The Hall–Kier alpha value is -2.09. The molecule has 6 rings (SSSR count). The lowest BCUT2D eigenvalue weighted by molar-refractivity contribution is 0.274. The Morgan fingerprint density at radius 1 is 0.821 bits per heavy atom. The molecule has 2 bridgehead atoms. The zero-order chi connectivity index (χ0) is 19.1. The zero-order valence-electron chi connectivity index (χ0n) is 16.3. The first-order chi connectivity index (χ1) is 13.5. The molecule has 1 heterocycles. The highest BCUT2D eigenvalue weighted by molar-refractivity contribution is 6.30. The Labute approximate surface area is 171 Å². The van der Waals surface area contributed by atoms with Gasteiger partial charge in [0.15, 0.2) is 0 Å². The van der Waals surface area contributed by atoms with Crippen molar-refractivity contribution in [1.29, 1.82) is 0 Å². The first-order valence-electron chi connectivity index (χ1n) is 10.2. The van der Waals surface area contributed by atoms with E-state index in [4.69, 9.17) is 11.6 Å². The van der Waals surface area contributed by atoms with Crippen molar-refractivity contribution in [2.45, 2.75) is 43.2 Å². The van der Waals surface area contributed by atoms with Crippen molar-refractivity contribution in [2.75, 3.05) is 0 Å². The predicted molar refractivity (Wildman–Crippen MR) is 115 cm³/mol. The van der Waals surface area contributed by atoms with E-state index < -0.39 is 0 Å². The lowest BCUT2D eigenvalue weighted by atomic mass is 9.72. The molecule has 0 saturated heterocycles. The minimum atomic E-state index is -0.137. The van der Waals surface area contributed by atoms with E-state index >= 15 is 0 Å². The van der Waals surface area contributed by atoms with Gasteiger partial charge in [-0.15, -0.1) is 0 Å². The number of halogens is 1. The van der Waals surface area contributed by atoms with Crippen LogP contribution in [0.4, 0.5) is 0 Å². The quantitative estimate of drug-likeness (QED) is 0.576. The maximum atomic E-state index is 6.14. The molecule has 1 nitrogen and oxygen atoms in total. The largest absolute Gasteiger partial charge is 0.294 e. The van der Waals surface area contributed by atoms with E-state index in [-0.39, 0.29) is 16.5 Å². The molecule has 3 aromatic rings. The summed E-state index contributed by atoms with van der Waals surface area (Å²) in [4.78, 5) is 0. The summed E-state index contributed by atoms with van der Waals surface area (Å²) in [6, 6.07) is 26.6. The van der Waals surface area contributed by atoms with Crippen LogP contribution < -0.4 is 5.32 Å². The van der Waals surface area contributed by atoms with Gasteiger partial charge < -0.3 is 0 Å². The SMILES string of the molecule is CC12N[C@@](C)(c3ccccc31)C1C[C@]1(Cc1ccc(Cl)cc1)c1ccccc12. The summed E-state index contributed by atoms with van der Waals surface area (Å²) in [6.45, 7) is 4.80. The highest BCUT2D eigenvalue weighted by Gasteiger charge is 2.69. The summed E-state index contributed by atoms with van der Waals surface area (Å²) < 4.78 is 0. The average Bonchev–Trinajstić information content (AvgIpc) is 3.40. The van der Waals surface area contributed by atoms with Crippen LogP contribution in [-0.2, 0) is 22.9 Å². The van der Waals surface area contributed by atoms with Gasteiger partial charge in [0.2, 0.25) is 0 Å². The molecule has 0 amide bonds. The molecule has 3 aliphatic rings. The molecular formula is C26H24ClN. The number of benzene rings is 3. The van der Waals surface area contributed by atoms with Crippen molar-refractivity contribution >= 4 is 11.6 Å². The molecule has 2 aliphatic carbocycles. The van der Waals surface area contributed by atoms with Crippen LogP contribution in [0.2, 0.25) is 5.02 Å². The molecule has 2 unspecified atom stereocenters. The molecule has 140 valence electrons. The maximum Gasteiger partial charge on any atom is 0.0675 e. The first kappa shape index (κ1) is 16.8. The molecule has 3 aromatic carbocycles. The fourth-order valence-corrected chi connectivity index (χ4v) is 6.61. The first-order valence-corrected chi connectivity index (χ1v) is 10.6. The van der Waals surface area contributed by atoms with Gasteiger partial charge in [0, 0.05) is 16.0 Å². The number of hydrogen-bond acceptors (Lipinski definition) is 1. The molecule has 1 saturated carbocycles. The summed E-state index contributed by atoms with van der Waals surface area (Å²) >= 11 is 6.14. The van der Waals surface area contributed by atoms with E-state index in [1.807, 2.05) is 12.1 Å². The molecule has 4 atom stereocenters. The van der Waals surface area contributed by atoms with Gasteiger partial charge in [0.25, 0.3) is 0 Å². The van der Waals surface area contributed by atoms with E-state index in [1.165, 1.54) is 34.2 Å². The molecule has 28 heavy (non-hydrogen) atoms. The third-order valence-electron chi connectivity index (χ3n) is 7.74. The molecular weight excluding hydrogens is 362 g/mol. The second kappa shape index (κ2) is 5.28. The van der Waals surface area contributed by atoms with Gasteiger partial charge in [-0.25, -0.2) is 0 Å². The highest BCUT2D eigenvalue weighted by Crippen LogP contribution is 2.69. The van der Waals surface area contributed by atoms with E-state index in [2.05, 4.69) is 79.8 Å². The Kier molecular flexibility index (Phi) is 3.18. The Morgan fingerprint density at radius 2 is 1.39 bits per heavy atom. The molecule has 1 aliphatic heterocycles. The summed E-state index contributed by atoms with van der Waals surface area (Å²) in [5, 5.41) is 4.93. The normalized spacial score (nSPS) is 34.2. The number of rotatable bonds is 2. The topological polar surface area (TPSA) is 12.0 Å². The Bertz CT molecular complexity index is 1100. The number of nitrogens with one attached hydrogen (secondary N) is 1. The third-order valence-corrected chi connectivity index (χ3v) is 7.99. The average molecular weight is 386 g/mol. The Morgan fingerprint density at radius 3 is 2.07 bits per heavy atom. The van der Waals surface area contributed by atoms with E-state index in [1.54, 1.807) is 0 Å². The summed E-state index contributed by atoms with van der Waals surface area (Å²) in [7, 11) is 0. The molecule has 0 spiro atoms. The van der Waals surface area contributed by atoms with Crippen LogP contribution in [0, 0.1) is 5.92 Å². The van der Waals surface area contributed by atoms with Crippen LogP contribution in [-0.4, -0.2) is 0 Å². The third kappa shape index (κ3) is 1.97. The summed E-state index contributed by atoms with van der Waals surface area (Å²) in [5.41, 5.74) is 7.33. The van der Waals surface area contributed by atoms with Gasteiger partial charge in [-0.1, -0.05) is 72.3 Å². The monoisotopic (exact) mass is 385 g/mol. The van der Waals surface area contributed by atoms with Crippen LogP contribution >= 0.6 is 11.6 Å². The lowest BCUT2D eigenvalue weighted by Crippen LogP contribution is -2.45. The van der Waals surface area contributed by atoms with Crippen LogP contribution in [0.25, 0.3) is 0 Å². The fourth-order valence-electron chi connectivity index (χ4n) is 6.48. The standard InChI is InChI=1S/C26H24ClN/c1-24-19-7-3-4-8-20(19)25(2,28-24)23-16-26(23,22-10-6-5-9-21(22)24)15-17-11-13-18(27)14-12-17/h3-14,23,28H,15-16H2,1-2H3/t23?,24?,25-,26+/m0/s1. The smallest absolute Gasteiger partial charge is 0.0675 e. The zero-order valence-corrected chi connectivity index (χ0v) is 17.1. The van der Waals surface area contributed by atoms with Crippen molar-refractivity contribution in [3.63, 3.8) is 0 Å². The van der Waals surface area contributed by atoms with E-state index in [0.29, 0.717) is 5.92 Å². The summed E-state index contributed by atoms with van der Waals surface area (Å²) in [6.07, 6.45) is 2.29. The molecule has 0 aromatic heterocycles. The van der Waals surface area contributed by atoms with Gasteiger partial charge in [-0.05, 0) is 72.6 Å². The number of fused-ring (bicyclic) bond motifs is 5. The van der Waals surface area contributed by atoms with Gasteiger partial charge in [0.05, 0.1) is 5.54 Å². The highest BCUT2D eigenvalue weighted by atomic mass is 35.5. The van der Waals surface area contributed by atoms with Crippen molar-refractivity contribution in [3.05, 3.63) is 106 Å². The van der Waals surface area contributed by atoms with E-state index in [0.717, 1.165) is 11.4 Å². The van der Waals surface area contributed by atoms with Gasteiger partial charge in [-0.2, -0.15) is 0 Å². The van der Waals surface area contributed by atoms with Gasteiger partial charge in [-0.3, -0.25) is 5.32 Å². The summed E-state index contributed by atoms with van der Waals surface area (Å²) in [5.74, 6) is 0.585. The predicted octanol–water partition coefficient (Wildman–Crippen LogP) is 5.94. The van der Waals surface area contributed by atoms with Gasteiger partial charge in [0.1, 0.15) is 0 Å². The molecule has 1 fully saturated rings. The van der Waals surface area contributed by atoms with Crippen LogP contribution in [0.15, 0.2) is 72.8 Å². The lowest BCUT2D eigenvalue weighted by Gasteiger charge is -2.32. The Balaban J connectivity index is 1.58. The van der Waals surface area contributed by atoms with Crippen LogP contribution in [0.1, 0.15) is 48.1 Å². The maximum absolute atomic E-state index is 6.14. The van der Waals surface area contributed by atoms with Crippen LogP contribution in [0.3, 0.4) is 0 Å². The van der Waals surface area contributed by atoms with Crippen LogP contribution in [0.5, 0.6) is 0 Å².